The predicted molar refractivity (Wildman–Crippen MR) is 70.9 cm³/mol. The monoisotopic (exact) mass is 266 g/mol. The number of hydrogen-bond acceptors (Lipinski definition) is 5. The Morgan fingerprint density at radius 3 is 2.58 bits per heavy atom. The summed E-state index contributed by atoms with van der Waals surface area (Å²) in [5, 5.41) is 13.9. The van der Waals surface area contributed by atoms with Crippen LogP contribution in [0.25, 0.3) is 0 Å². The number of nitro groups is 1. The summed E-state index contributed by atoms with van der Waals surface area (Å²) in [7, 11) is 1.32. The molecule has 0 saturated carbocycles. The van der Waals surface area contributed by atoms with E-state index in [4.69, 9.17) is 0 Å². The molecule has 2 atom stereocenters. The van der Waals surface area contributed by atoms with Gasteiger partial charge in [0, 0.05) is 17.7 Å². The summed E-state index contributed by atoms with van der Waals surface area (Å²) in [6.07, 6.45) is 0. The van der Waals surface area contributed by atoms with Gasteiger partial charge in [0.2, 0.25) is 0 Å². The van der Waals surface area contributed by atoms with Crippen molar-refractivity contribution in [1.29, 1.82) is 0 Å². The van der Waals surface area contributed by atoms with Crippen LogP contribution in [0, 0.1) is 17.0 Å². The molecule has 1 rings (SSSR count). The Balaban J connectivity index is 2.88. The Labute approximate surface area is 111 Å². The largest absolute Gasteiger partial charge is 0.468 e. The lowest BCUT2D eigenvalue weighted by Crippen LogP contribution is -2.36. The molecule has 0 unspecified atom stereocenters. The van der Waals surface area contributed by atoms with Crippen LogP contribution in [-0.2, 0) is 9.53 Å². The van der Waals surface area contributed by atoms with Crippen molar-refractivity contribution in [2.24, 2.45) is 0 Å². The summed E-state index contributed by atoms with van der Waals surface area (Å²) < 4.78 is 4.62. The summed E-state index contributed by atoms with van der Waals surface area (Å²) in [6.45, 7) is 5.22. The molecule has 0 bridgehead atoms. The highest BCUT2D eigenvalue weighted by Gasteiger charge is 2.19. The molecule has 1 aromatic rings. The summed E-state index contributed by atoms with van der Waals surface area (Å²) in [5.41, 5.74) is 1.45. The number of carbonyl (C=O) groups excluding carboxylic acids is 1. The summed E-state index contributed by atoms with van der Waals surface area (Å²) in [4.78, 5) is 21.8. The highest BCUT2D eigenvalue weighted by atomic mass is 16.6. The van der Waals surface area contributed by atoms with Crippen molar-refractivity contribution in [1.82, 2.24) is 5.32 Å². The molecular weight excluding hydrogens is 248 g/mol. The Kier molecular flexibility index (Phi) is 5.00. The van der Waals surface area contributed by atoms with Crippen molar-refractivity contribution in [3.8, 4) is 0 Å². The minimum atomic E-state index is -0.472. The van der Waals surface area contributed by atoms with Gasteiger partial charge in [0.1, 0.15) is 6.04 Å². The fourth-order valence-corrected chi connectivity index (χ4v) is 1.81. The van der Waals surface area contributed by atoms with E-state index in [0.717, 1.165) is 5.56 Å². The van der Waals surface area contributed by atoms with Crippen molar-refractivity contribution in [2.45, 2.75) is 32.9 Å². The second kappa shape index (κ2) is 6.29. The number of ether oxygens (including phenoxy) is 1. The van der Waals surface area contributed by atoms with Crippen molar-refractivity contribution in [2.75, 3.05) is 7.11 Å². The van der Waals surface area contributed by atoms with Gasteiger partial charge in [-0.25, -0.2) is 0 Å². The van der Waals surface area contributed by atoms with Crippen molar-refractivity contribution in [3.05, 3.63) is 39.4 Å². The van der Waals surface area contributed by atoms with Gasteiger partial charge in [-0.3, -0.25) is 20.2 Å². The fourth-order valence-electron chi connectivity index (χ4n) is 1.81. The molecule has 6 heteroatoms. The van der Waals surface area contributed by atoms with E-state index in [0.29, 0.717) is 5.56 Å². The van der Waals surface area contributed by atoms with Gasteiger partial charge in [-0.2, -0.15) is 0 Å². The maximum atomic E-state index is 11.3. The molecule has 19 heavy (non-hydrogen) atoms. The van der Waals surface area contributed by atoms with E-state index in [1.165, 1.54) is 13.2 Å². The van der Waals surface area contributed by atoms with Gasteiger partial charge in [-0.15, -0.1) is 0 Å². The van der Waals surface area contributed by atoms with Crippen LogP contribution in [0.15, 0.2) is 18.2 Å². The highest BCUT2D eigenvalue weighted by molar-refractivity contribution is 5.75. The van der Waals surface area contributed by atoms with E-state index >= 15 is 0 Å². The number of nitrogens with one attached hydrogen (secondary N) is 1. The zero-order chi connectivity index (χ0) is 14.6. The van der Waals surface area contributed by atoms with Gasteiger partial charge in [0.05, 0.1) is 12.0 Å². The molecule has 0 radical (unpaired) electrons. The number of nitrogens with zero attached hydrogens (tertiary/aromatic N) is 1. The molecule has 104 valence electrons. The standard InChI is InChI=1S/C13H18N2O4/c1-8-5-6-11(7-12(8)15(17)18)9(2)14-10(3)13(16)19-4/h5-7,9-10,14H,1-4H3/t9-,10-/m0/s1. The fraction of sp³-hybridized carbons (Fsp3) is 0.462. The molecular formula is C13H18N2O4. The molecule has 0 heterocycles. The van der Waals surface area contributed by atoms with Crippen LogP contribution in [0.3, 0.4) is 0 Å². The van der Waals surface area contributed by atoms with Crippen molar-refractivity contribution < 1.29 is 14.5 Å². The number of methoxy groups -OCH3 is 1. The molecule has 0 aliphatic heterocycles. The first-order valence-electron chi connectivity index (χ1n) is 5.95. The van der Waals surface area contributed by atoms with Gasteiger partial charge in [-0.05, 0) is 26.3 Å². The molecule has 0 saturated heterocycles. The van der Waals surface area contributed by atoms with Crippen LogP contribution in [0.4, 0.5) is 5.69 Å². The van der Waals surface area contributed by atoms with Gasteiger partial charge in [0.25, 0.3) is 5.69 Å². The minimum Gasteiger partial charge on any atom is -0.468 e. The Bertz CT molecular complexity index is 488. The first kappa shape index (κ1) is 15.1. The van der Waals surface area contributed by atoms with Crippen molar-refractivity contribution in [3.63, 3.8) is 0 Å². The molecule has 1 aromatic carbocycles. The van der Waals surface area contributed by atoms with E-state index in [2.05, 4.69) is 10.1 Å². The third kappa shape index (κ3) is 3.75. The number of aryl methyl sites for hydroxylation is 1. The molecule has 0 aromatic heterocycles. The summed E-state index contributed by atoms with van der Waals surface area (Å²) >= 11 is 0. The molecule has 1 N–H and O–H groups in total. The number of nitro benzene ring substituents is 1. The summed E-state index contributed by atoms with van der Waals surface area (Å²) in [5.74, 6) is -0.367. The van der Waals surface area contributed by atoms with Crippen LogP contribution in [-0.4, -0.2) is 24.0 Å². The van der Waals surface area contributed by atoms with Crippen LogP contribution in [0.2, 0.25) is 0 Å². The number of benzene rings is 1. The first-order valence-corrected chi connectivity index (χ1v) is 5.95. The Morgan fingerprint density at radius 1 is 1.42 bits per heavy atom. The predicted octanol–water partition coefficient (Wildman–Crippen LogP) is 2.12. The zero-order valence-corrected chi connectivity index (χ0v) is 11.5. The lowest BCUT2D eigenvalue weighted by Gasteiger charge is -2.18. The maximum Gasteiger partial charge on any atom is 0.322 e. The Morgan fingerprint density at radius 2 is 2.05 bits per heavy atom. The number of rotatable bonds is 5. The molecule has 6 nitrogen and oxygen atoms in total. The first-order chi connectivity index (χ1) is 8.86. The molecule has 0 aliphatic rings. The second-order valence-corrected chi connectivity index (χ2v) is 4.44. The smallest absolute Gasteiger partial charge is 0.322 e. The average molecular weight is 266 g/mol. The maximum absolute atomic E-state index is 11.3. The van der Waals surface area contributed by atoms with E-state index in [-0.39, 0.29) is 17.7 Å². The van der Waals surface area contributed by atoms with E-state index in [1.807, 2.05) is 13.0 Å². The molecule has 0 spiro atoms. The number of esters is 1. The van der Waals surface area contributed by atoms with Crippen LogP contribution in [0.5, 0.6) is 0 Å². The highest BCUT2D eigenvalue weighted by Crippen LogP contribution is 2.23. The van der Waals surface area contributed by atoms with E-state index in [9.17, 15) is 14.9 Å². The third-order valence-corrected chi connectivity index (χ3v) is 2.98. The average Bonchev–Trinajstić information content (AvgIpc) is 2.37. The normalized spacial score (nSPS) is 13.7. The number of hydrogen-bond donors (Lipinski definition) is 1. The van der Waals surface area contributed by atoms with E-state index in [1.54, 1.807) is 19.9 Å². The van der Waals surface area contributed by atoms with E-state index < -0.39 is 11.0 Å². The van der Waals surface area contributed by atoms with Gasteiger partial charge in [-0.1, -0.05) is 12.1 Å². The zero-order valence-electron chi connectivity index (χ0n) is 11.5. The van der Waals surface area contributed by atoms with Gasteiger partial charge in [0.15, 0.2) is 0 Å². The van der Waals surface area contributed by atoms with Crippen LogP contribution < -0.4 is 5.32 Å². The number of carbonyl (C=O) groups is 1. The molecule has 0 amide bonds. The lowest BCUT2D eigenvalue weighted by atomic mass is 10.0. The van der Waals surface area contributed by atoms with Crippen molar-refractivity contribution >= 4 is 11.7 Å². The SMILES string of the molecule is COC(=O)[C@H](C)N[C@@H](C)c1ccc(C)c([N+](=O)[O-])c1. The quantitative estimate of drug-likeness (QED) is 0.501. The Hall–Kier alpha value is -1.95. The topological polar surface area (TPSA) is 81.5 Å². The third-order valence-electron chi connectivity index (χ3n) is 2.98. The summed E-state index contributed by atoms with van der Waals surface area (Å²) in [6, 6.07) is 4.38. The second-order valence-electron chi connectivity index (χ2n) is 4.44. The molecule has 0 aliphatic carbocycles. The van der Waals surface area contributed by atoms with Gasteiger partial charge >= 0.3 is 5.97 Å². The van der Waals surface area contributed by atoms with Crippen LogP contribution in [0.1, 0.15) is 31.0 Å². The molecule has 0 fully saturated rings. The lowest BCUT2D eigenvalue weighted by molar-refractivity contribution is -0.385. The van der Waals surface area contributed by atoms with Gasteiger partial charge < -0.3 is 4.74 Å². The van der Waals surface area contributed by atoms with Crippen LogP contribution >= 0.6 is 0 Å². The minimum absolute atomic E-state index is 0.0804.